The minimum absolute atomic E-state index is 0.000273. The molecule has 112 valence electrons. The average molecular weight is 299 g/mol. The highest BCUT2D eigenvalue weighted by atomic mass is 16.6. The second-order valence-corrected chi connectivity index (χ2v) is 4.40. The Labute approximate surface area is 126 Å². The molecule has 0 radical (unpaired) electrons. The van der Waals surface area contributed by atoms with E-state index in [2.05, 4.69) is 5.10 Å². The molecule has 0 fully saturated rings. The maximum absolute atomic E-state index is 12.2. The summed E-state index contributed by atoms with van der Waals surface area (Å²) in [5.74, 6) is -0.329. The third kappa shape index (κ3) is 3.09. The fourth-order valence-corrected chi connectivity index (χ4v) is 1.88. The normalized spacial score (nSPS) is 10.0. The highest BCUT2D eigenvalue weighted by Gasteiger charge is 2.17. The van der Waals surface area contributed by atoms with Crippen molar-refractivity contribution in [2.75, 3.05) is 13.1 Å². The number of carbonyl (C=O) groups is 1. The molecule has 0 saturated heterocycles. The molecule has 2 aromatic rings. The maximum Gasteiger partial charge on any atom is 0.275 e. The van der Waals surface area contributed by atoms with Crippen molar-refractivity contribution in [2.24, 2.45) is 0 Å². The van der Waals surface area contributed by atoms with Gasteiger partial charge in [-0.15, -0.1) is 0 Å². The summed E-state index contributed by atoms with van der Waals surface area (Å²) in [6.45, 7) is 2.19. The Balaban J connectivity index is 2.22. The Morgan fingerprint density at radius 2 is 2.09 bits per heavy atom. The zero-order valence-electron chi connectivity index (χ0n) is 11.8. The van der Waals surface area contributed by atoms with Gasteiger partial charge in [0.1, 0.15) is 6.54 Å². The molecular formula is C14H13N5O3. The van der Waals surface area contributed by atoms with Crippen LogP contribution >= 0.6 is 0 Å². The highest BCUT2D eigenvalue weighted by molar-refractivity contribution is 5.92. The largest absolute Gasteiger partial charge is 0.324 e. The summed E-state index contributed by atoms with van der Waals surface area (Å²) in [4.78, 5) is 23.7. The van der Waals surface area contributed by atoms with Crippen molar-refractivity contribution in [1.29, 1.82) is 5.26 Å². The Bertz CT molecular complexity index is 730. The monoisotopic (exact) mass is 299 g/mol. The van der Waals surface area contributed by atoms with Crippen molar-refractivity contribution in [3.63, 3.8) is 0 Å². The lowest BCUT2D eigenvalue weighted by Gasteiger charge is -2.15. The quantitative estimate of drug-likeness (QED) is 0.475. The molecule has 2 rings (SSSR count). The predicted octanol–water partition coefficient (Wildman–Crippen LogP) is 1.77. The van der Waals surface area contributed by atoms with Gasteiger partial charge in [-0.25, -0.2) is 4.68 Å². The van der Waals surface area contributed by atoms with Crippen molar-refractivity contribution < 1.29 is 9.72 Å². The van der Waals surface area contributed by atoms with Crippen molar-refractivity contribution >= 4 is 11.6 Å². The van der Waals surface area contributed by atoms with Gasteiger partial charge >= 0.3 is 0 Å². The highest BCUT2D eigenvalue weighted by Crippen LogP contribution is 2.15. The molecule has 8 nitrogen and oxygen atoms in total. The maximum atomic E-state index is 12.2. The smallest absolute Gasteiger partial charge is 0.275 e. The van der Waals surface area contributed by atoms with Crippen LogP contribution in [0.1, 0.15) is 17.4 Å². The number of amides is 1. The van der Waals surface area contributed by atoms with E-state index in [-0.39, 0.29) is 23.8 Å². The lowest BCUT2D eigenvalue weighted by atomic mass is 10.3. The zero-order chi connectivity index (χ0) is 16.1. The van der Waals surface area contributed by atoms with Gasteiger partial charge < -0.3 is 4.90 Å². The topological polar surface area (TPSA) is 105 Å². The predicted molar refractivity (Wildman–Crippen MR) is 77.4 cm³/mol. The van der Waals surface area contributed by atoms with Crippen LogP contribution in [0, 0.1) is 21.4 Å². The van der Waals surface area contributed by atoms with Crippen LogP contribution in [0.5, 0.6) is 0 Å². The summed E-state index contributed by atoms with van der Waals surface area (Å²) < 4.78 is 1.46. The van der Waals surface area contributed by atoms with Crippen LogP contribution in [0.25, 0.3) is 5.69 Å². The summed E-state index contributed by atoms with van der Waals surface area (Å²) in [5.41, 5.74) is 0.807. The van der Waals surface area contributed by atoms with Gasteiger partial charge in [-0.05, 0) is 25.1 Å². The Hall–Kier alpha value is -3.21. The molecule has 0 spiro atoms. The standard InChI is InChI=1S/C14H13N5O3/c1-2-17(10-8-15)14(20)13-7-9-18(16-13)11-3-5-12(6-4-11)19(21)22/h3-7,9H,2,10H2,1H3. The van der Waals surface area contributed by atoms with Crippen LogP contribution in [-0.2, 0) is 0 Å². The van der Waals surface area contributed by atoms with Gasteiger partial charge in [0.25, 0.3) is 11.6 Å². The molecule has 22 heavy (non-hydrogen) atoms. The fraction of sp³-hybridized carbons (Fsp3) is 0.214. The van der Waals surface area contributed by atoms with Crippen LogP contribution in [0.4, 0.5) is 5.69 Å². The van der Waals surface area contributed by atoms with Crippen LogP contribution in [0.2, 0.25) is 0 Å². The summed E-state index contributed by atoms with van der Waals surface area (Å²) >= 11 is 0. The van der Waals surface area contributed by atoms with Crippen molar-refractivity contribution in [3.8, 4) is 11.8 Å². The summed E-state index contributed by atoms with van der Waals surface area (Å²) in [5, 5.41) is 23.5. The second kappa shape index (κ2) is 6.49. The van der Waals surface area contributed by atoms with E-state index in [0.29, 0.717) is 12.2 Å². The first kappa shape index (κ1) is 15.2. The molecule has 0 saturated carbocycles. The molecule has 0 N–H and O–H groups in total. The van der Waals surface area contributed by atoms with Gasteiger partial charge in [0.05, 0.1) is 16.7 Å². The molecule has 0 atom stereocenters. The molecular weight excluding hydrogens is 286 g/mol. The molecule has 1 aromatic heterocycles. The lowest BCUT2D eigenvalue weighted by Crippen LogP contribution is -2.31. The van der Waals surface area contributed by atoms with Gasteiger partial charge in [-0.2, -0.15) is 10.4 Å². The minimum atomic E-state index is -0.483. The van der Waals surface area contributed by atoms with Crippen LogP contribution < -0.4 is 0 Å². The number of rotatable bonds is 5. The molecule has 1 aromatic carbocycles. The Kier molecular flexibility index (Phi) is 4.48. The summed E-state index contributed by atoms with van der Waals surface area (Å²) in [7, 11) is 0. The number of non-ortho nitro benzene ring substituents is 1. The molecule has 0 aliphatic heterocycles. The number of hydrogen-bond acceptors (Lipinski definition) is 5. The number of nitriles is 1. The van der Waals surface area contributed by atoms with E-state index in [4.69, 9.17) is 5.26 Å². The van der Waals surface area contributed by atoms with Crippen molar-refractivity contribution in [2.45, 2.75) is 6.92 Å². The summed E-state index contributed by atoms with van der Waals surface area (Å²) in [6.07, 6.45) is 1.59. The first-order valence-electron chi connectivity index (χ1n) is 6.53. The van der Waals surface area contributed by atoms with Crippen LogP contribution in [-0.4, -0.2) is 38.6 Å². The van der Waals surface area contributed by atoms with E-state index < -0.39 is 4.92 Å². The summed E-state index contributed by atoms with van der Waals surface area (Å²) in [6, 6.07) is 9.31. The van der Waals surface area contributed by atoms with Gasteiger partial charge in [0, 0.05) is 24.9 Å². The van der Waals surface area contributed by atoms with Gasteiger partial charge in [0.15, 0.2) is 5.69 Å². The number of hydrogen-bond donors (Lipinski definition) is 0. The number of carbonyl (C=O) groups excluding carboxylic acids is 1. The van der Waals surface area contributed by atoms with E-state index >= 15 is 0 Å². The minimum Gasteiger partial charge on any atom is -0.324 e. The average Bonchev–Trinajstić information content (AvgIpc) is 3.02. The van der Waals surface area contributed by atoms with E-state index in [1.54, 1.807) is 31.3 Å². The number of nitrogens with zero attached hydrogens (tertiary/aromatic N) is 5. The van der Waals surface area contributed by atoms with Gasteiger partial charge in [0.2, 0.25) is 0 Å². The molecule has 0 aliphatic rings. The van der Waals surface area contributed by atoms with Crippen molar-refractivity contribution in [3.05, 3.63) is 52.3 Å². The fourth-order valence-electron chi connectivity index (χ4n) is 1.88. The third-order valence-corrected chi connectivity index (χ3v) is 3.06. The Morgan fingerprint density at radius 1 is 1.41 bits per heavy atom. The number of benzene rings is 1. The second-order valence-electron chi connectivity index (χ2n) is 4.40. The SMILES string of the molecule is CCN(CC#N)C(=O)c1ccn(-c2ccc([N+](=O)[O-])cc2)n1. The van der Waals surface area contributed by atoms with Gasteiger partial charge in [-0.3, -0.25) is 14.9 Å². The van der Waals surface area contributed by atoms with Gasteiger partial charge in [-0.1, -0.05) is 0 Å². The number of aromatic nitrogens is 2. The molecule has 0 bridgehead atoms. The molecule has 0 unspecified atom stereocenters. The van der Waals surface area contributed by atoms with Crippen LogP contribution in [0.3, 0.4) is 0 Å². The number of nitro benzene ring substituents is 1. The molecule has 1 amide bonds. The molecule has 1 heterocycles. The van der Waals surface area contributed by atoms with E-state index in [1.807, 2.05) is 6.07 Å². The van der Waals surface area contributed by atoms with E-state index in [1.165, 1.54) is 21.7 Å². The first-order valence-corrected chi connectivity index (χ1v) is 6.53. The van der Waals surface area contributed by atoms with Crippen molar-refractivity contribution in [1.82, 2.24) is 14.7 Å². The molecule has 8 heteroatoms. The lowest BCUT2D eigenvalue weighted by molar-refractivity contribution is -0.384. The number of nitro groups is 1. The van der Waals surface area contributed by atoms with Crippen LogP contribution in [0.15, 0.2) is 36.5 Å². The van der Waals surface area contributed by atoms with E-state index in [9.17, 15) is 14.9 Å². The Morgan fingerprint density at radius 3 is 2.64 bits per heavy atom. The van der Waals surface area contributed by atoms with E-state index in [0.717, 1.165) is 0 Å². The zero-order valence-corrected chi connectivity index (χ0v) is 11.8. The molecule has 0 aliphatic carbocycles. The first-order chi connectivity index (χ1) is 10.6. The third-order valence-electron chi connectivity index (χ3n) is 3.06.